The molecule has 2 N–H and O–H groups in total. The van der Waals surface area contributed by atoms with Crippen LogP contribution >= 0.6 is 0 Å². The second-order valence-corrected chi connectivity index (χ2v) is 3.00. The molecule has 5 heteroatoms. The summed E-state index contributed by atoms with van der Waals surface area (Å²) in [4.78, 5) is 12.0. The number of aryl methyl sites for hydroxylation is 1. The number of carbonyl (C=O) groups excluding carboxylic acids is 1. The quantitative estimate of drug-likeness (QED) is 0.756. The second kappa shape index (κ2) is 3.45. The SMILES string of the molecule is NC(=O)CCn1nc2ccccc2n1. The van der Waals surface area contributed by atoms with Crippen LogP contribution in [0.25, 0.3) is 11.0 Å². The molecule has 2 rings (SSSR count). The van der Waals surface area contributed by atoms with E-state index in [9.17, 15) is 4.79 Å². The molecule has 0 fully saturated rings. The van der Waals surface area contributed by atoms with Crippen LogP contribution in [0.1, 0.15) is 6.42 Å². The monoisotopic (exact) mass is 190 g/mol. The van der Waals surface area contributed by atoms with Gasteiger partial charge in [-0.2, -0.15) is 15.0 Å². The molecule has 0 atom stereocenters. The maximum atomic E-state index is 10.5. The lowest BCUT2D eigenvalue weighted by molar-refractivity contribution is -0.118. The Morgan fingerprint density at radius 1 is 1.29 bits per heavy atom. The Kier molecular flexibility index (Phi) is 2.14. The summed E-state index contributed by atoms with van der Waals surface area (Å²) >= 11 is 0. The summed E-state index contributed by atoms with van der Waals surface area (Å²) in [6.07, 6.45) is 0.265. The minimum Gasteiger partial charge on any atom is -0.370 e. The van der Waals surface area contributed by atoms with E-state index in [1.54, 1.807) is 0 Å². The Morgan fingerprint density at radius 3 is 2.36 bits per heavy atom. The summed E-state index contributed by atoms with van der Waals surface area (Å²) in [5, 5.41) is 8.36. The number of amides is 1. The first-order valence-corrected chi connectivity index (χ1v) is 4.34. The van der Waals surface area contributed by atoms with Crippen LogP contribution in [0, 0.1) is 0 Å². The molecule has 0 saturated carbocycles. The smallest absolute Gasteiger partial charge is 0.219 e. The zero-order valence-electron chi connectivity index (χ0n) is 7.55. The van der Waals surface area contributed by atoms with E-state index in [-0.39, 0.29) is 12.3 Å². The van der Waals surface area contributed by atoms with Crippen molar-refractivity contribution in [1.29, 1.82) is 0 Å². The van der Waals surface area contributed by atoms with Gasteiger partial charge in [0.2, 0.25) is 5.91 Å². The number of nitrogens with zero attached hydrogens (tertiary/aromatic N) is 3. The van der Waals surface area contributed by atoms with Gasteiger partial charge in [-0.1, -0.05) is 12.1 Å². The molecule has 72 valence electrons. The molecule has 0 aliphatic rings. The summed E-state index contributed by atoms with van der Waals surface area (Å²) in [5.41, 5.74) is 6.69. The molecule has 0 bridgehead atoms. The number of carbonyl (C=O) groups is 1. The minimum absolute atomic E-state index is 0.265. The first-order chi connectivity index (χ1) is 6.75. The Balaban J connectivity index is 2.22. The van der Waals surface area contributed by atoms with Crippen LogP contribution in [0.5, 0.6) is 0 Å². The fraction of sp³-hybridized carbons (Fsp3) is 0.222. The highest BCUT2D eigenvalue weighted by atomic mass is 16.1. The predicted molar refractivity (Wildman–Crippen MR) is 51.3 cm³/mol. The van der Waals surface area contributed by atoms with Crippen molar-refractivity contribution in [2.24, 2.45) is 5.73 Å². The number of fused-ring (bicyclic) bond motifs is 1. The van der Waals surface area contributed by atoms with Gasteiger partial charge in [-0.15, -0.1) is 0 Å². The Bertz CT molecular complexity index is 430. The van der Waals surface area contributed by atoms with E-state index in [2.05, 4.69) is 10.2 Å². The molecule has 0 saturated heterocycles. The highest BCUT2D eigenvalue weighted by Crippen LogP contribution is 2.06. The molecular formula is C9H10N4O. The number of primary amides is 1. The van der Waals surface area contributed by atoms with Crippen molar-refractivity contribution in [3.8, 4) is 0 Å². The summed E-state index contributed by atoms with van der Waals surface area (Å²) < 4.78 is 0. The van der Waals surface area contributed by atoms with Crippen LogP contribution in [0.3, 0.4) is 0 Å². The van der Waals surface area contributed by atoms with Crippen LogP contribution < -0.4 is 5.73 Å². The van der Waals surface area contributed by atoms with E-state index >= 15 is 0 Å². The molecule has 1 amide bonds. The normalized spacial score (nSPS) is 10.6. The fourth-order valence-corrected chi connectivity index (χ4v) is 1.21. The first-order valence-electron chi connectivity index (χ1n) is 4.34. The van der Waals surface area contributed by atoms with Crippen LogP contribution in [0.4, 0.5) is 0 Å². The largest absolute Gasteiger partial charge is 0.370 e. The van der Waals surface area contributed by atoms with Gasteiger partial charge in [-0.05, 0) is 12.1 Å². The highest BCUT2D eigenvalue weighted by molar-refractivity contribution is 5.74. The van der Waals surface area contributed by atoms with Gasteiger partial charge in [0.1, 0.15) is 11.0 Å². The van der Waals surface area contributed by atoms with E-state index < -0.39 is 0 Å². The van der Waals surface area contributed by atoms with E-state index in [0.29, 0.717) is 6.54 Å². The summed E-state index contributed by atoms with van der Waals surface area (Å²) in [7, 11) is 0. The van der Waals surface area contributed by atoms with Crippen molar-refractivity contribution in [3.63, 3.8) is 0 Å². The van der Waals surface area contributed by atoms with Crippen molar-refractivity contribution in [1.82, 2.24) is 15.0 Å². The summed E-state index contributed by atoms with van der Waals surface area (Å²) in [5.74, 6) is -0.341. The highest BCUT2D eigenvalue weighted by Gasteiger charge is 2.01. The zero-order valence-corrected chi connectivity index (χ0v) is 7.55. The molecule has 0 radical (unpaired) electrons. The fourth-order valence-electron chi connectivity index (χ4n) is 1.21. The van der Waals surface area contributed by atoms with Crippen molar-refractivity contribution in [2.75, 3.05) is 0 Å². The lowest BCUT2D eigenvalue weighted by Gasteiger charge is -1.94. The third kappa shape index (κ3) is 1.71. The molecule has 2 aromatic rings. The number of aromatic nitrogens is 3. The van der Waals surface area contributed by atoms with E-state index in [0.717, 1.165) is 11.0 Å². The lowest BCUT2D eigenvalue weighted by atomic mass is 10.3. The van der Waals surface area contributed by atoms with Crippen LogP contribution in [-0.4, -0.2) is 20.9 Å². The molecule has 0 aliphatic carbocycles. The van der Waals surface area contributed by atoms with Gasteiger partial charge >= 0.3 is 0 Å². The second-order valence-electron chi connectivity index (χ2n) is 3.00. The Morgan fingerprint density at radius 2 is 1.86 bits per heavy atom. The molecule has 0 aliphatic heterocycles. The van der Waals surface area contributed by atoms with Crippen LogP contribution in [0.15, 0.2) is 24.3 Å². The van der Waals surface area contributed by atoms with Gasteiger partial charge in [-0.3, -0.25) is 4.79 Å². The maximum Gasteiger partial charge on any atom is 0.219 e. The molecule has 1 heterocycles. The van der Waals surface area contributed by atoms with E-state index in [4.69, 9.17) is 5.73 Å². The van der Waals surface area contributed by atoms with Crippen molar-refractivity contribution < 1.29 is 4.79 Å². The lowest BCUT2D eigenvalue weighted by Crippen LogP contribution is -2.15. The average molecular weight is 190 g/mol. The standard InChI is InChI=1S/C9H10N4O/c10-9(14)5-6-13-11-7-3-1-2-4-8(7)12-13/h1-4H,5-6H2,(H2,10,14). The van der Waals surface area contributed by atoms with Gasteiger partial charge in [0.15, 0.2) is 0 Å². The zero-order chi connectivity index (χ0) is 9.97. The number of hydrogen-bond acceptors (Lipinski definition) is 3. The van der Waals surface area contributed by atoms with E-state index in [1.165, 1.54) is 4.80 Å². The number of benzene rings is 1. The molecule has 0 spiro atoms. The molecule has 5 nitrogen and oxygen atoms in total. The first kappa shape index (κ1) is 8.68. The van der Waals surface area contributed by atoms with Gasteiger partial charge in [0, 0.05) is 6.42 Å². The van der Waals surface area contributed by atoms with Crippen molar-refractivity contribution in [3.05, 3.63) is 24.3 Å². The number of hydrogen-bond donors (Lipinski definition) is 1. The molecular weight excluding hydrogens is 180 g/mol. The number of rotatable bonds is 3. The summed E-state index contributed by atoms with van der Waals surface area (Å²) in [6, 6.07) is 7.55. The topological polar surface area (TPSA) is 73.8 Å². The third-order valence-corrected chi connectivity index (χ3v) is 1.89. The minimum atomic E-state index is -0.341. The Hall–Kier alpha value is -1.91. The molecule has 1 aromatic carbocycles. The molecule has 1 aromatic heterocycles. The van der Waals surface area contributed by atoms with Crippen molar-refractivity contribution in [2.45, 2.75) is 13.0 Å². The third-order valence-electron chi connectivity index (χ3n) is 1.89. The van der Waals surface area contributed by atoms with Crippen LogP contribution in [0.2, 0.25) is 0 Å². The Labute approximate surface area is 80.5 Å². The summed E-state index contributed by atoms with van der Waals surface area (Å²) in [6.45, 7) is 0.435. The van der Waals surface area contributed by atoms with E-state index in [1.807, 2.05) is 24.3 Å². The average Bonchev–Trinajstić information content (AvgIpc) is 2.57. The van der Waals surface area contributed by atoms with Gasteiger partial charge < -0.3 is 5.73 Å². The predicted octanol–water partition coefficient (Wildman–Crippen LogP) is 0.307. The van der Waals surface area contributed by atoms with Gasteiger partial charge in [-0.25, -0.2) is 0 Å². The maximum absolute atomic E-state index is 10.5. The van der Waals surface area contributed by atoms with Crippen molar-refractivity contribution >= 4 is 16.9 Å². The molecule has 14 heavy (non-hydrogen) atoms. The van der Waals surface area contributed by atoms with Crippen LogP contribution in [-0.2, 0) is 11.3 Å². The molecule has 0 unspecified atom stereocenters. The van der Waals surface area contributed by atoms with Gasteiger partial charge in [0.05, 0.1) is 6.54 Å². The number of nitrogens with two attached hydrogens (primary N) is 1. The van der Waals surface area contributed by atoms with Gasteiger partial charge in [0.25, 0.3) is 0 Å².